The highest BCUT2D eigenvalue weighted by molar-refractivity contribution is 5.97. The summed E-state index contributed by atoms with van der Waals surface area (Å²) in [6.45, 7) is 5.71. The Labute approximate surface area is 167 Å². The molecule has 0 N–H and O–H groups in total. The maximum Gasteiger partial charge on any atom is 0.442 e. The normalized spacial score (nSPS) is 11.0. The lowest BCUT2D eigenvalue weighted by Crippen LogP contribution is -2.21. The average molecular weight is 388 g/mol. The maximum atomic E-state index is 13.1. The van der Waals surface area contributed by atoms with Crippen LogP contribution in [-0.2, 0) is 6.54 Å². The van der Waals surface area contributed by atoms with E-state index in [9.17, 15) is 9.59 Å². The van der Waals surface area contributed by atoms with E-state index in [1.165, 1.54) is 4.57 Å². The molecule has 0 bridgehead atoms. The molecule has 0 saturated heterocycles. The molecule has 0 unspecified atom stereocenters. The van der Waals surface area contributed by atoms with Gasteiger partial charge in [0.15, 0.2) is 5.78 Å². The Morgan fingerprint density at radius 1 is 1.07 bits per heavy atom. The van der Waals surface area contributed by atoms with Gasteiger partial charge in [-0.05, 0) is 56.7 Å². The van der Waals surface area contributed by atoms with Gasteiger partial charge in [0, 0.05) is 28.8 Å². The number of hydrogen-bond acceptors (Lipinski definition) is 5. The molecule has 7 nitrogen and oxygen atoms in total. The highest BCUT2D eigenvalue weighted by atomic mass is 16.5. The lowest BCUT2D eigenvalue weighted by Gasteiger charge is -2.10. The van der Waals surface area contributed by atoms with Crippen molar-refractivity contribution in [3.8, 4) is 17.2 Å². The van der Waals surface area contributed by atoms with Crippen LogP contribution in [0.2, 0.25) is 0 Å². The van der Waals surface area contributed by atoms with Gasteiger partial charge in [-0.3, -0.25) is 14.3 Å². The van der Waals surface area contributed by atoms with Gasteiger partial charge in [0.2, 0.25) is 5.82 Å². The Kier molecular flexibility index (Phi) is 4.72. The molecule has 3 aromatic heterocycles. The van der Waals surface area contributed by atoms with Crippen LogP contribution >= 0.6 is 0 Å². The van der Waals surface area contributed by atoms with Gasteiger partial charge in [-0.2, -0.15) is 0 Å². The van der Waals surface area contributed by atoms with Crippen LogP contribution in [0.15, 0.2) is 64.0 Å². The number of hydrogen-bond donors (Lipinski definition) is 0. The van der Waals surface area contributed by atoms with E-state index < -0.39 is 5.76 Å². The summed E-state index contributed by atoms with van der Waals surface area (Å²) in [5.74, 6) is -0.651. The molecule has 0 fully saturated rings. The molecule has 4 aromatic rings. The summed E-state index contributed by atoms with van der Waals surface area (Å²) in [5.41, 5.74) is 4.93. The molecule has 4 rings (SSSR count). The molecule has 29 heavy (non-hydrogen) atoms. The minimum Gasteiger partial charge on any atom is -0.318 e. The fourth-order valence-electron chi connectivity index (χ4n) is 3.53. The summed E-state index contributed by atoms with van der Waals surface area (Å²) in [6, 6.07) is 15.2. The summed E-state index contributed by atoms with van der Waals surface area (Å²) in [7, 11) is 0. The molecule has 146 valence electrons. The van der Waals surface area contributed by atoms with Gasteiger partial charge in [0.05, 0.1) is 6.54 Å². The van der Waals surface area contributed by atoms with E-state index in [2.05, 4.69) is 16.2 Å². The topological polar surface area (TPSA) is 82.9 Å². The van der Waals surface area contributed by atoms with Crippen molar-refractivity contribution in [2.75, 3.05) is 0 Å². The highest BCUT2D eigenvalue weighted by Crippen LogP contribution is 2.23. The number of rotatable bonds is 5. The van der Waals surface area contributed by atoms with Gasteiger partial charge < -0.3 is 4.57 Å². The summed E-state index contributed by atoms with van der Waals surface area (Å²) in [5, 5.41) is 3.79. The largest absolute Gasteiger partial charge is 0.442 e. The molecule has 0 aliphatic rings. The Morgan fingerprint density at radius 2 is 1.90 bits per heavy atom. The number of carbonyl (C=O) groups is 1. The molecule has 3 heterocycles. The minimum absolute atomic E-state index is 0.174. The second kappa shape index (κ2) is 7.35. The standard InChI is InChI=1S/C22H20N4O3/c1-14-7-6-8-17(11-14)26-15(2)12-18(16(26)3)20(27)13-25-21(24-29-22(25)28)19-9-4-5-10-23-19/h4-12H,13H2,1-3H3. The fourth-order valence-corrected chi connectivity index (χ4v) is 3.53. The van der Waals surface area contributed by atoms with Crippen molar-refractivity contribution in [1.29, 1.82) is 0 Å². The number of ketones is 1. The maximum absolute atomic E-state index is 13.1. The lowest BCUT2D eigenvalue weighted by molar-refractivity contribution is 0.0969. The van der Waals surface area contributed by atoms with Crippen LogP contribution in [0.25, 0.3) is 17.2 Å². The summed E-state index contributed by atoms with van der Waals surface area (Å²) >= 11 is 0. The summed E-state index contributed by atoms with van der Waals surface area (Å²) in [4.78, 5) is 29.4. The molecule has 0 amide bonds. The van der Waals surface area contributed by atoms with E-state index in [-0.39, 0.29) is 18.2 Å². The third-order valence-corrected chi connectivity index (χ3v) is 4.87. The van der Waals surface area contributed by atoms with E-state index in [4.69, 9.17) is 4.52 Å². The zero-order valence-electron chi connectivity index (χ0n) is 16.4. The first-order valence-electron chi connectivity index (χ1n) is 9.23. The van der Waals surface area contributed by atoms with Crippen molar-refractivity contribution in [2.24, 2.45) is 0 Å². The third kappa shape index (κ3) is 3.42. The van der Waals surface area contributed by atoms with Crippen molar-refractivity contribution >= 4 is 5.78 Å². The summed E-state index contributed by atoms with van der Waals surface area (Å²) in [6.07, 6.45) is 1.59. The van der Waals surface area contributed by atoms with E-state index in [0.717, 1.165) is 22.6 Å². The molecular formula is C22H20N4O3. The molecular weight excluding hydrogens is 368 g/mol. The third-order valence-electron chi connectivity index (χ3n) is 4.87. The molecule has 0 radical (unpaired) electrons. The van der Waals surface area contributed by atoms with Crippen LogP contribution in [0.4, 0.5) is 0 Å². The van der Waals surface area contributed by atoms with Crippen molar-refractivity contribution in [2.45, 2.75) is 27.3 Å². The Balaban J connectivity index is 1.70. The zero-order chi connectivity index (χ0) is 20.5. The van der Waals surface area contributed by atoms with Crippen LogP contribution in [0.3, 0.4) is 0 Å². The Hall–Kier alpha value is -3.74. The van der Waals surface area contributed by atoms with Crippen LogP contribution in [0.5, 0.6) is 0 Å². The van der Waals surface area contributed by atoms with Gasteiger partial charge in [-0.25, -0.2) is 9.36 Å². The van der Waals surface area contributed by atoms with E-state index in [0.29, 0.717) is 11.3 Å². The Morgan fingerprint density at radius 3 is 2.62 bits per heavy atom. The monoisotopic (exact) mass is 388 g/mol. The first kappa shape index (κ1) is 18.6. The van der Waals surface area contributed by atoms with Crippen molar-refractivity contribution in [3.63, 3.8) is 0 Å². The summed E-state index contributed by atoms with van der Waals surface area (Å²) < 4.78 is 8.04. The number of carbonyl (C=O) groups excluding carboxylic acids is 1. The first-order valence-corrected chi connectivity index (χ1v) is 9.23. The van der Waals surface area contributed by atoms with Gasteiger partial charge in [-0.1, -0.05) is 23.4 Å². The highest BCUT2D eigenvalue weighted by Gasteiger charge is 2.21. The number of benzene rings is 1. The second-order valence-electron chi connectivity index (χ2n) is 6.96. The van der Waals surface area contributed by atoms with E-state index in [1.807, 2.05) is 49.6 Å². The average Bonchev–Trinajstić information content (AvgIpc) is 3.21. The van der Waals surface area contributed by atoms with Crippen LogP contribution in [-0.4, -0.2) is 25.1 Å². The predicted octanol–water partition coefficient (Wildman–Crippen LogP) is 3.50. The quantitative estimate of drug-likeness (QED) is 0.489. The smallest absolute Gasteiger partial charge is 0.318 e. The minimum atomic E-state index is -0.688. The van der Waals surface area contributed by atoms with Gasteiger partial charge in [0.1, 0.15) is 5.69 Å². The first-order chi connectivity index (χ1) is 14.0. The van der Waals surface area contributed by atoms with Crippen LogP contribution in [0.1, 0.15) is 27.3 Å². The molecule has 0 aliphatic heterocycles. The van der Waals surface area contributed by atoms with E-state index >= 15 is 0 Å². The van der Waals surface area contributed by atoms with Crippen LogP contribution < -0.4 is 5.76 Å². The lowest BCUT2D eigenvalue weighted by atomic mass is 10.1. The molecule has 0 saturated carbocycles. The molecule has 0 aliphatic carbocycles. The number of aryl methyl sites for hydroxylation is 2. The van der Waals surface area contributed by atoms with Crippen molar-refractivity contribution in [3.05, 3.63) is 87.8 Å². The Bertz CT molecular complexity index is 1250. The van der Waals surface area contributed by atoms with Crippen LogP contribution in [0, 0.1) is 20.8 Å². The number of nitrogens with zero attached hydrogens (tertiary/aromatic N) is 4. The molecule has 0 atom stereocenters. The molecule has 1 aromatic carbocycles. The van der Waals surface area contributed by atoms with Crippen molar-refractivity contribution in [1.82, 2.24) is 19.3 Å². The fraction of sp³-hybridized carbons (Fsp3) is 0.182. The van der Waals surface area contributed by atoms with Gasteiger partial charge in [0.25, 0.3) is 0 Å². The predicted molar refractivity (Wildman–Crippen MR) is 108 cm³/mol. The zero-order valence-corrected chi connectivity index (χ0v) is 16.4. The van der Waals surface area contributed by atoms with Crippen molar-refractivity contribution < 1.29 is 9.32 Å². The molecule has 7 heteroatoms. The number of pyridine rings is 1. The van der Waals surface area contributed by atoms with Gasteiger partial charge in [-0.15, -0.1) is 0 Å². The van der Waals surface area contributed by atoms with E-state index in [1.54, 1.807) is 24.4 Å². The second-order valence-corrected chi connectivity index (χ2v) is 6.96. The van der Waals surface area contributed by atoms with Gasteiger partial charge >= 0.3 is 5.76 Å². The molecule has 0 spiro atoms. The number of Topliss-reactive ketones (excluding diaryl/α,β-unsaturated/α-hetero) is 1. The SMILES string of the molecule is Cc1cccc(-n2c(C)cc(C(=O)Cn3c(-c4ccccn4)noc3=O)c2C)c1. The number of aromatic nitrogens is 4.